The molecular formula is C9H4N2. The van der Waals surface area contributed by atoms with Gasteiger partial charge in [-0.15, -0.1) is 19.3 Å². The molecule has 50 valence electrons. The van der Waals surface area contributed by atoms with E-state index in [9.17, 15) is 0 Å². The summed E-state index contributed by atoms with van der Waals surface area (Å²) in [6.07, 6.45) is 15.4. The van der Waals surface area contributed by atoms with E-state index in [0.29, 0.717) is 17.0 Å². The molecule has 1 aromatic rings. The lowest BCUT2D eigenvalue weighted by molar-refractivity contribution is 1.06. The van der Waals surface area contributed by atoms with Crippen LogP contribution in [-0.4, -0.2) is 10.2 Å². The molecule has 0 bridgehead atoms. The summed E-state index contributed by atoms with van der Waals surface area (Å²) >= 11 is 0. The molecule has 0 atom stereocenters. The Morgan fingerprint density at radius 2 is 1.82 bits per heavy atom. The molecular weight excluding hydrogens is 136 g/mol. The van der Waals surface area contributed by atoms with Gasteiger partial charge in [-0.2, -0.15) is 5.10 Å². The molecule has 0 aliphatic carbocycles. The lowest BCUT2D eigenvalue weighted by Crippen LogP contribution is -1.79. The van der Waals surface area contributed by atoms with Gasteiger partial charge in [-0.1, -0.05) is 5.92 Å². The highest BCUT2D eigenvalue weighted by molar-refractivity contribution is 5.52. The molecule has 0 saturated heterocycles. The van der Waals surface area contributed by atoms with Crippen LogP contribution in [0.15, 0.2) is 0 Å². The second-order valence-corrected chi connectivity index (χ2v) is 1.76. The van der Waals surface area contributed by atoms with Gasteiger partial charge in [0, 0.05) is 0 Å². The van der Waals surface area contributed by atoms with Gasteiger partial charge >= 0.3 is 0 Å². The van der Waals surface area contributed by atoms with E-state index in [4.69, 9.17) is 19.3 Å². The third-order valence-electron chi connectivity index (χ3n) is 1.19. The highest BCUT2D eigenvalue weighted by Gasteiger charge is 2.05. The van der Waals surface area contributed by atoms with Crippen LogP contribution >= 0.6 is 0 Å². The van der Waals surface area contributed by atoms with Crippen LogP contribution in [0.25, 0.3) is 0 Å². The molecule has 1 N–H and O–H groups in total. The monoisotopic (exact) mass is 140 g/mol. The molecule has 1 heterocycles. The van der Waals surface area contributed by atoms with Gasteiger partial charge < -0.3 is 0 Å². The van der Waals surface area contributed by atoms with Gasteiger partial charge in [0.05, 0.1) is 5.56 Å². The van der Waals surface area contributed by atoms with Gasteiger partial charge in [-0.05, 0) is 11.8 Å². The Balaban J connectivity index is 3.41. The van der Waals surface area contributed by atoms with Gasteiger partial charge in [0.25, 0.3) is 0 Å². The van der Waals surface area contributed by atoms with Gasteiger partial charge in [0.15, 0.2) is 5.69 Å². The number of hydrogen-bond donors (Lipinski definition) is 1. The topological polar surface area (TPSA) is 28.7 Å². The van der Waals surface area contributed by atoms with Crippen molar-refractivity contribution < 1.29 is 0 Å². The third-order valence-corrected chi connectivity index (χ3v) is 1.19. The van der Waals surface area contributed by atoms with Crippen LogP contribution in [-0.2, 0) is 0 Å². The van der Waals surface area contributed by atoms with E-state index < -0.39 is 0 Å². The summed E-state index contributed by atoms with van der Waals surface area (Å²) in [5.41, 5.74) is 1.33. The maximum absolute atomic E-state index is 5.15. The maximum Gasteiger partial charge on any atom is 0.151 e. The van der Waals surface area contributed by atoms with Gasteiger partial charge in [0.1, 0.15) is 5.69 Å². The SMILES string of the molecule is C#Cc1n[nH]c(C#C)c1C#C. The number of H-pyrrole nitrogens is 1. The van der Waals surface area contributed by atoms with Crippen molar-refractivity contribution >= 4 is 0 Å². The molecule has 0 unspecified atom stereocenters. The molecule has 0 radical (unpaired) electrons. The standard InChI is InChI=1S/C9H4N2/c1-4-7-8(5-2)10-11-9(7)6-3/h1-3H,(H,10,11). The Morgan fingerprint density at radius 1 is 1.09 bits per heavy atom. The van der Waals surface area contributed by atoms with Crippen LogP contribution in [0.4, 0.5) is 0 Å². The van der Waals surface area contributed by atoms with Crippen molar-refractivity contribution in [1.29, 1.82) is 0 Å². The van der Waals surface area contributed by atoms with Crippen LogP contribution in [0.2, 0.25) is 0 Å². The molecule has 0 saturated carbocycles. The first kappa shape index (κ1) is 7.00. The van der Waals surface area contributed by atoms with Crippen LogP contribution in [0.5, 0.6) is 0 Å². The fraction of sp³-hybridized carbons (Fsp3) is 0. The summed E-state index contributed by atoms with van der Waals surface area (Å²) in [4.78, 5) is 0. The van der Waals surface area contributed by atoms with Gasteiger partial charge in [-0.3, -0.25) is 5.10 Å². The highest BCUT2D eigenvalue weighted by Crippen LogP contribution is 2.06. The molecule has 2 heteroatoms. The molecule has 0 aliphatic heterocycles. The lowest BCUT2D eigenvalue weighted by atomic mass is 10.2. The average molecular weight is 140 g/mol. The Bertz CT molecular complexity index is 359. The number of terminal acetylenes is 3. The Labute approximate surface area is 65.0 Å². The zero-order chi connectivity index (χ0) is 8.27. The molecule has 2 nitrogen and oxygen atoms in total. The minimum absolute atomic E-state index is 0.389. The molecule has 11 heavy (non-hydrogen) atoms. The van der Waals surface area contributed by atoms with E-state index >= 15 is 0 Å². The van der Waals surface area contributed by atoms with Crippen molar-refractivity contribution in [2.75, 3.05) is 0 Å². The molecule has 0 aliphatic rings. The fourth-order valence-corrected chi connectivity index (χ4v) is 0.691. The number of rotatable bonds is 0. The van der Waals surface area contributed by atoms with Crippen LogP contribution in [0.3, 0.4) is 0 Å². The molecule has 0 fully saturated rings. The molecule has 0 aromatic carbocycles. The average Bonchev–Trinajstić information content (AvgIpc) is 2.45. The first-order valence-corrected chi connectivity index (χ1v) is 2.81. The zero-order valence-corrected chi connectivity index (χ0v) is 5.68. The Hall–Kier alpha value is -2.11. The van der Waals surface area contributed by atoms with Crippen LogP contribution in [0, 0.1) is 37.0 Å². The first-order valence-electron chi connectivity index (χ1n) is 2.81. The van der Waals surface area contributed by atoms with Crippen molar-refractivity contribution in [2.24, 2.45) is 0 Å². The van der Waals surface area contributed by atoms with Crippen molar-refractivity contribution in [3.8, 4) is 37.0 Å². The molecule has 0 amide bonds. The molecule has 1 aromatic heterocycles. The van der Waals surface area contributed by atoms with E-state index in [1.54, 1.807) is 0 Å². The first-order chi connectivity index (χ1) is 5.33. The zero-order valence-electron chi connectivity index (χ0n) is 5.68. The maximum atomic E-state index is 5.15. The van der Waals surface area contributed by atoms with Crippen LogP contribution < -0.4 is 0 Å². The van der Waals surface area contributed by atoms with E-state index in [0.717, 1.165) is 0 Å². The highest BCUT2D eigenvalue weighted by atomic mass is 15.1. The Kier molecular flexibility index (Phi) is 1.69. The number of nitrogens with one attached hydrogen (secondary N) is 1. The summed E-state index contributed by atoms with van der Waals surface area (Å²) in [6.45, 7) is 0. The van der Waals surface area contributed by atoms with E-state index in [1.165, 1.54) is 0 Å². The largest absolute Gasteiger partial charge is 0.267 e. The second kappa shape index (κ2) is 2.65. The van der Waals surface area contributed by atoms with Gasteiger partial charge in [-0.25, -0.2) is 0 Å². The summed E-state index contributed by atoms with van der Waals surface area (Å²) in [6, 6.07) is 0. The Morgan fingerprint density at radius 3 is 2.27 bits per heavy atom. The van der Waals surface area contributed by atoms with Crippen molar-refractivity contribution in [3.05, 3.63) is 17.0 Å². The van der Waals surface area contributed by atoms with Crippen molar-refractivity contribution in [1.82, 2.24) is 10.2 Å². The summed E-state index contributed by atoms with van der Waals surface area (Å²) in [5.74, 6) is 7.03. The summed E-state index contributed by atoms with van der Waals surface area (Å²) < 4.78 is 0. The van der Waals surface area contributed by atoms with Crippen molar-refractivity contribution in [2.45, 2.75) is 0 Å². The number of hydrogen-bond acceptors (Lipinski definition) is 1. The third kappa shape index (κ3) is 0.960. The lowest BCUT2D eigenvalue weighted by Gasteiger charge is -1.82. The second-order valence-electron chi connectivity index (χ2n) is 1.76. The van der Waals surface area contributed by atoms with Crippen LogP contribution in [0.1, 0.15) is 17.0 Å². The van der Waals surface area contributed by atoms with E-state index in [-0.39, 0.29) is 0 Å². The normalized spacial score (nSPS) is 7.73. The van der Waals surface area contributed by atoms with E-state index in [1.807, 2.05) is 0 Å². The number of aromatic nitrogens is 2. The quantitative estimate of drug-likeness (QED) is 0.518. The predicted molar refractivity (Wildman–Crippen MR) is 42.4 cm³/mol. The number of aromatic amines is 1. The summed E-state index contributed by atoms with van der Waals surface area (Å²) in [5, 5.41) is 6.28. The number of nitrogens with zero attached hydrogens (tertiary/aromatic N) is 1. The predicted octanol–water partition coefficient (Wildman–Crippen LogP) is 0.354. The minimum Gasteiger partial charge on any atom is -0.267 e. The smallest absolute Gasteiger partial charge is 0.151 e. The molecule has 0 spiro atoms. The summed E-state index contributed by atoms with van der Waals surface area (Å²) in [7, 11) is 0. The minimum atomic E-state index is 0.389. The van der Waals surface area contributed by atoms with E-state index in [2.05, 4.69) is 28.0 Å². The van der Waals surface area contributed by atoms with Crippen molar-refractivity contribution in [3.63, 3.8) is 0 Å². The van der Waals surface area contributed by atoms with Gasteiger partial charge in [0.2, 0.25) is 0 Å². The molecule has 1 rings (SSSR count). The fourth-order valence-electron chi connectivity index (χ4n) is 0.691.